The van der Waals surface area contributed by atoms with E-state index in [-0.39, 0.29) is 6.10 Å². The third kappa shape index (κ3) is 5.57. The highest BCUT2D eigenvalue weighted by atomic mass is 16.6. The highest BCUT2D eigenvalue weighted by Crippen LogP contribution is 2.32. The number of nitrogens with zero attached hydrogens (tertiary/aromatic N) is 1. The molecule has 5 nitrogen and oxygen atoms in total. The first-order chi connectivity index (χ1) is 15.1. The molecule has 0 saturated heterocycles. The molecule has 0 radical (unpaired) electrons. The van der Waals surface area contributed by atoms with Crippen LogP contribution in [0.3, 0.4) is 0 Å². The predicted octanol–water partition coefficient (Wildman–Crippen LogP) is 5.33. The van der Waals surface area contributed by atoms with E-state index in [1.165, 1.54) is 16.8 Å². The van der Waals surface area contributed by atoms with Crippen molar-refractivity contribution in [3.8, 4) is 11.5 Å². The molecule has 0 aromatic heterocycles. The second-order valence-corrected chi connectivity index (χ2v) is 8.00. The molecule has 0 saturated carbocycles. The number of anilines is 1. The number of amides is 1. The summed E-state index contributed by atoms with van der Waals surface area (Å²) in [6.07, 6.45) is 0.629. The number of hydrogen-bond donors (Lipinski definition) is 1. The quantitative estimate of drug-likeness (QED) is 0.566. The van der Waals surface area contributed by atoms with Gasteiger partial charge in [-0.2, -0.15) is 0 Å². The van der Waals surface area contributed by atoms with Crippen molar-refractivity contribution < 1.29 is 14.3 Å². The molecule has 1 aliphatic rings. The summed E-state index contributed by atoms with van der Waals surface area (Å²) in [6, 6.07) is 24.0. The topological polar surface area (TPSA) is 50.8 Å². The molecule has 1 heterocycles. The molecule has 1 amide bonds. The number of carbonyl (C=O) groups is 1. The Labute approximate surface area is 183 Å². The first kappa shape index (κ1) is 20.8. The van der Waals surface area contributed by atoms with Crippen LogP contribution in [-0.2, 0) is 19.5 Å². The van der Waals surface area contributed by atoms with Gasteiger partial charge in [0.25, 0.3) is 0 Å². The van der Waals surface area contributed by atoms with Crippen molar-refractivity contribution in [1.29, 1.82) is 0 Å². The Kier molecular flexibility index (Phi) is 6.41. The van der Waals surface area contributed by atoms with E-state index in [1.807, 2.05) is 62.4 Å². The van der Waals surface area contributed by atoms with Crippen LogP contribution in [0.1, 0.15) is 30.5 Å². The summed E-state index contributed by atoms with van der Waals surface area (Å²) < 4.78 is 11.1. The van der Waals surface area contributed by atoms with E-state index in [2.05, 4.69) is 34.5 Å². The van der Waals surface area contributed by atoms with Crippen molar-refractivity contribution in [2.24, 2.45) is 0 Å². The molecule has 31 heavy (non-hydrogen) atoms. The van der Waals surface area contributed by atoms with Crippen molar-refractivity contribution in [3.05, 3.63) is 89.5 Å². The van der Waals surface area contributed by atoms with E-state index in [4.69, 9.17) is 9.47 Å². The molecule has 160 valence electrons. The van der Waals surface area contributed by atoms with Crippen LogP contribution in [0, 0.1) is 0 Å². The van der Waals surface area contributed by atoms with Gasteiger partial charge in [0.1, 0.15) is 11.5 Å². The zero-order valence-corrected chi connectivity index (χ0v) is 18.0. The third-order valence-corrected chi connectivity index (χ3v) is 5.20. The molecule has 0 atom stereocenters. The summed E-state index contributed by atoms with van der Waals surface area (Å²) in [6.45, 7) is 6.24. The van der Waals surface area contributed by atoms with Crippen LogP contribution in [0.25, 0.3) is 0 Å². The first-order valence-electron chi connectivity index (χ1n) is 10.7. The van der Waals surface area contributed by atoms with E-state index in [9.17, 15) is 4.79 Å². The van der Waals surface area contributed by atoms with E-state index in [0.717, 1.165) is 30.8 Å². The van der Waals surface area contributed by atoms with Gasteiger partial charge in [0.05, 0.1) is 6.10 Å². The lowest BCUT2D eigenvalue weighted by molar-refractivity contribution is 0.200. The monoisotopic (exact) mass is 416 g/mol. The van der Waals surface area contributed by atoms with Crippen LogP contribution in [0.5, 0.6) is 11.5 Å². The number of carbonyl (C=O) groups excluding carboxylic acids is 1. The minimum atomic E-state index is -0.457. The van der Waals surface area contributed by atoms with Gasteiger partial charge in [-0.3, -0.25) is 0 Å². The van der Waals surface area contributed by atoms with Crippen molar-refractivity contribution >= 4 is 11.8 Å². The smallest absolute Gasteiger partial charge is 0.412 e. The molecule has 3 aromatic rings. The Balaban J connectivity index is 1.30. The molecule has 0 aliphatic carbocycles. The Hall–Kier alpha value is -3.47. The van der Waals surface area contributed by atoms with E-state index in [0.29, 0.717) is 12.3 Å². The van der Waals surface area contributed by atoms with E-state index < -0.39 is 6.09 Å². The molecule has 1 aliphatic heterocycles. The van der Waals surface area contributed by atoms with Crippen molar-refractivity contribution in [2.75, 3.05) is 11.4 Å². The molecular weight excluding hydrogens is 388 g/mol. The molecule has 5 heteroatoms. The highest BCUT2D eigenvalue weighted by molar-refractivity contribution is 5.71. The second kappa shape index (κ2) is 9.56. The van der Waals surface area contributed by atoms with Gasteiger partial charge in [-0.05, 0) is 67.3 Å². The van der Waals surface area contributed by atoms with Crippen LogP contribution in [0.15, 0.2) is 72.8 Å². The summed E-state index contributed by atoms with van der Waals surface area (Å²) in [7, 11) is 0. The molecule has 4 rings (SSSR count). The number of hydrogen-bond acceptors (Lipinski definition) is 4. The molecule has 1 N–H and O–H groups in total. The average molecular weight is 417 g/mol. The Bertz CT molecular complexity index is 1020. The van der Waals surface area contributed by atoms with Crippen molar-refractivity contribution in [1.82, 2.24) is 5.32 Å². The Morgan fingerprint density at radius 2 is 1.71 bits per heavy atom. The molecule has 0 bridgehead atoms. The summed E-state index contributed by atoms with van der Waals surface area (Å²) in [5, 5.41) is 2.80. The summed E-state index contributed by atoms with van der Waals surface area (Å²) in [4.78, 5) is 14.6. The van der Waals surface area contributed by atoms with E-state index >= 15 is 0 Å². The second-order valence-electron chi connectivity index (χ2n) is 8.00. The lowest BCUT2D eigenvalue weighted by Gasteiger charge is -2.19. The minimum Gasteiger partial charge on any atom is -0.491 e. The van der Waals surface area contributed by atoms with Gasteiger partial charge in [-0.1, -0.05) is 42.5 Å². The maximum absolute atomic E-state index is 12.2. The van der Waals surface area contributed by atoms with Gasteiger partial charge >= 0.3 is 6.09 Å². The molecule has 0 unspecified atom stereocenters. The average Bonchev–Trinajstić information content (AvgIpc) is 3.15. The summed E-state index contributed by atoms with van der Waals surface area (Å²) >= 11 is 0. The largest absolute Gasteiger partial charge is 0.491 e. The lowest BCUT2D eigenvalue weighted by Crippen LogP contribution is -2.26. The first-order valence-corrected chi connectivity index (χ1v) is 10.7. The lowest BCUT2D eigenvalue weighted by atomic mass is 10.1. The standard InChI is InChI=1S/C26H28N2O3/c1-19(2)30-23-10-8-20(9-11-23)17-27-26(29)31-24-12-13-25-22(16-24)14-15-28(25)18-21-6-4-3-5-7-21/h3-13,16,19H,14-15,17-18H2,1-2H3,(H,27,29). The van der Waals surface area contributed by atoms with Crippen LogP contribution >= 0.6 is 0 Å². The summed E-state index contributed by atoms with van der Waals surface area (Å²) in [5.41, 5.74) is 4.69. The number of fused-ring (bicyclic) bond motifs is 1. The van der Waals surface area contributed by atoms with Gasteiger partial charge in [0.15, 0.2) is 0 Å². The van der Waals surface area contributed by atoms with Crippen LogP contribution in [-0.4, -0.2) is 18.7 Å². The fourth-order valence-electron chi connectivity index (χ4n) is 3.75. The van der Waals surface area contributed by atoms with Gasteiger partial charge in [-0.15, -0.1) is 0 Å². The van der Waals surface area contributed by atoms with Crippen LogP contribution in [0.4, 0.5) is 10.5 Å². The van der Waals surface area contributed by atoms with Gasteiger partial charge in [0.2, 0.25) is 0 Å². The summed E-state index contributed by atoms with van der Waals surface area (Å²) in [5.74, 6) is 1.39. The Morgan fingerprint density at radius 1 is 0.968 bits per heavy atom. The molecular formula is C26H28N2O3. The Morgan fingerprint density at radius 3 is 2.45 bits per heavy atom. The normalized spacial score (nSPS) is 12.5. The highest BCUT2D eigenvalue weighted by Gasteiger charge is 2.20. The van der Waals surface area contributed by atoms with Crippen LogP contribution in [0.2, 0.25) is 0 Å². The predicted molar refractivity (Wildman–Crippen MR) is 123 cm³/mol. The van der Waals surface area contributed by atoms with Crippen molar-refractivity contribution in [3.63, 3.8) is 0 Å². The third-order valence-electron chi connectivity index (χ3n) is 5.20. The number of nitrogens with one attached hydrogen (secondary N) is 1. The van der Waals surface area contributed by atoms with Gasteiger partial charge in [-0.25, -0.2) is 4.79 Å². The SMILES string of the molecule is CC(C)Oc1ccc(CNC(=O)Oc2ccc3c(c2)CCN3Cc2ccccc2)cc1. The van der Waals surface area contributed by atoms with E-state index in [1.54, 1.807) is 0 Å². The minimum absolute atomic E-state index is 0.136. The fraction of sp³-hybridized carbons (Fsp3) is 0.269. The molecule has 3 aromatic carbocycles. The maximum atomic E-state index is 12.2. The number of rotatable bonds is 7. The van der Waals surface area contributed by atoms with Crippen molar-refractivity contribution in [2.45, 2.75) is 39.5 Å². The van der Waals surface area contributed by atoms with Crippen LogP contribution < -0.4 is 19.7 Å². The molecule has 0 fully saturated rings. The maximum Gasteiger partial charge on any atom is 0.412 e. The van der Waals surface area contributed by atoms with Gasteiger partial charge in [0, 0.05) is 25.3 Å². The zero-order chi connectivity index (χ0) is 21.6. The van der Waals surface area contributed by atoms with Gasteiger partial charge < -0.3 is 19.7 Å². The fourth-order valence-corrected chi connectivity index (χ4v) is 3.75. The number of ether oxygens (including phenoxy) is 2. The number of benzene rings is 3. The zero-order valence-electron chi connectivity index (χ0n) is 18.0. The molecule has 0 spiro atoms.